The fourth-order valence-corrected chi connectivity index (χ4v) is 1.41. The van der Waals surface area contributed by atoms with Gasteiger partial charge in [0.1, 0.15) is 18.1 Å². The molecule has 1 N–H and O–H groups in total. The highest BCUT2D eigenvalue weighted by atomic mass is 16.5. The Kier molecular flexibility index (Phi) is 3.24. The van der Waals surface area contributed by atoms with Crippen molar-refractivity contribution in [2.24, 2.45) is 0 Å². The Bertz CT molecular complexity index is 510. The second-order valence-corrected chi connectivity index (χ2v) is 3.24. The van der Waals surface area contributed by atoms with Crippen molar-refractivity contribution in [1.29, 1.82) is 0 Å². The average Bonchev–Trinajstić information content (AvgIpc) is 2.86. The van der Waals surface area contributed by atoms with Crippen LogP contribution in [0.15, 0.2) is 22.7 Å². The van der Waals surface area contributed by atoms with Gasteiger partial charge in [0, 0.05) is 0 Å². The molecule has 1 aromatic carbocycles. The third kappa shape index (κ3) is 2.21. The van der Waals surface area contributed by atoms with Gasteiger partial charge in [-0.3, -0.25) is 0 Å². The minimum atomic E-state index is -0.268. The first-order valence-corrected chi connectivity index (χ1v) is 4.94. The van der Waals surface area contributed by atoms with Gasteiger partial charge in [0.25, 0.3) is 5.89 Å². The summed E-state index contributed by atoms with van der Waals surface area (Å²) in [5.41, 5.74) is 0.624. The summed E-state index contributed by atoms with van der Waals surface area (Å²) in [6.45, 7) is -0.268. The maximum Gasteiger partial charge on any atom is 0.261 e. The SMILES string of the molecule is COc1ccc(OC)c(-c2nc(CO)no2)c1. The number of aliphatic hydroxyl groups is 1. The standard InChI is InChI=1S/C11H12N2O4/c1-15-7-3-4-9(16-2)8(5-7)11-12-10(6-14)13-17-11/h3-5,14H,6H2,1-2H3. The van der Waals surface area contributed by atoms with Crippen molar-refractivity contribution in [3.05, 3.63) is 24.0 Å². The van der Waals surface area contributed by atoms with Crippen LogP contribution in [0.1, 0.15) is 5.82 Å². The molecular weight excluding hydrogens is 224 g/mol. The van der Waals surface area contributed by atoms with E-state index in [4.69, 9.17) is 19.1 Å². The molecule has 0 amide bonds. The monoisotopic (exact) mass is 236 g/mol. The molecule has 17 heavy (non-hydrogen) atoms. The first-order chi connectivity index (χ1) is 8.28. The van der Waals surface area contributed by atoms with E-state index in [9.17, 15) is 0 Å². The number of benzene rings is 1. The van der Waals surface area contributed by atoms with Crippen LogP contribution in [0.2, 0.25) is 0 Å². The van der Waals surface area contributed by atoms with Crippen molar-refractivity contribution >= 4 is 0 Å². The molecule has 0 saturated heterocycles. The molecule has 0 bridgehead atoms. The number of aliphatic hydroxyl groups excluding tert-OH is 1. The van der Waals surface area contributed by atoms with E-state index in [0.717, 1.165) is 0 Å². The molecule has 0 aliphatic heterocycles. The van der Waals surface area contributed by atoms with Crippen LogP contribution in [0.5, 0.6) is 11.5 Å². The molecule has 0 fully saturated rings. The minimum Gasteiger partial charge on any atom is -0.497 e. The minimum absolute atomic E-state index is 0.227. The zero-order valence-electron chi connectivity index (χ0n) is 9.51. The maximum absolute atomic E-state index is 8.88. The molecule has 0 unspecified atom stereocenters. The molecule has 0 aliphatic carbocycles. The Morgan fingerprint density at radius 1 is 1.29 bits per heavy atom. The number of ether oxygens (including phenoxy) is 2. The first-order valence-electron chi connectivity index (χ1n) is 4.94. The molecule has 0 atom stereocenters. The third-order valence-electron chi connectivity index (χ3n) is 2.25. The van der Waals surface area contributed by atoms with E-state index in [-0.39, 0.29) is 18.3 Å². The maximum atomic E-state index is 8.88. The average molecular weight is 236 g/mol. The van der Waals surface area contributed by atoms with Gasteiger partial charge in [-0.05, 0) is 18.2 Å². The molecule has 2 rings (SSSR count). The van der Waals surface area contributed by atoms with Gasteiger partial charge in [0.2, 0.25) is 0 Å². The van der Waals surface area contributed by atoms with E-state index in [1.807, 2.05) is 0 Å². The second-order valence-electron chi connectivity index (χ2n) is 3.24. The van der Waals surface area contributed by atoms with Crippen molar-refractivity contribution in [1.82, 2.24) is 10.1 Å². The lowest BCUT2D eigenvalue weighted by Gasteiger charge is -2.06. The summed E-state index contributed by atoms with van der Waals surface area (Å²) in [4.78, 5) is 4.02. The van der Waals surface area contributed by atoms with Gasteiger partial charge in [-0.2, -0.15) is 4.98 Å². The largest absolute Gasteiger partial charge is 0.497 e. The Labute approximate surface area is 97.8 Å². The highest BCUT2D eigenvalue weighted by molar-refractivity contribution is 5.64. The van der Waals surface area contributed by atoms with Gasteiger partial charge in [0.15, 0.2) is 5.82 Å². The summed E-state index contributed by atoms with van der Waals surface area (Å²) in [6, 6.07) is 5.25. The highest BCUT2D eigenvalue weighted by Gasteiger charge is 2.14. The first kappa shape index (κ1) is 11.4. The Hall–Kier alpha value is -2.08. The molecule has 0 aliphatic rings. The Balaban J connectivity index is 2.47. The molecule has 6 nitrogen and oxygen atoms in total. The van der Waals surface area contributed by atoms with Crippen LogP contribution in [0, 0.1) is 0 Å². The molecule has 2 aromatic rings. The van der Waals surface area contributed by atoms with Crippen LogP contribution in [0.25, 0.3) is 11.5 Å². The smallest absolute Gasteiger partial charge is 0.261 e. The van der Waals surface area contributed by atoms with Gasteiger partial charge in [-0.1, -0.05) is 5.16 Å². The van der Waals surface area contributed by atoms with E-state index in [1.54, 1.807) is 32.4 Å². The summed E-state index contributed by atoms with van der Waals surface area (Å²) < 4.78 is 15.3. The van der Waals surface area contributed by atoms with E-state index in [0.29, 0.717) is 17.1 Å². The number of hydrogen-bond donors (Lipinski definition) is 1. The highest BCUT2D eigenvalue weighted by Crippen LogP contribution is 2.32. The van der Waals surface area contributed by atoms with Crippen LogP contribution in [-0.4, -0.2) is 29.5 Å². The lowest BCUT2D eigenvalue weighted by Crippen LogP contribution is -1.91. The predicted molar refractivity (Wildman–Crippen MR) is 58.8 cm³/mol. The van der Waals surface area contributed by atoms with Crippen molar-refractivity contribution in [2.75, 3.05) is 14.2 Å². The van der Waals surface area contributed by atoms with Crippen LogP contribution in [0.4, 0.5) is 0 Å². The Morgan fingerprint density at radius 3 is 2.71 bits per heavy atom. The fraction of sp³-hybridized carbons (Fsp3) is 0.273. The molecule has 1 heterocycles. The van der Waals surface area contributed by atoms with E-state index in [1.165, 1.54) is 0 Å². The molecular formula is C11H12N2O4. The molecule has 1 aromatic heterocycles. The van der Waals surface area contributed by atoms with E-state index < -0.39 is 0 Å². The number of methoxy groups -OCH3 is 2. The molecule has 6 heteroatoms. The van der Waals surface area contributed by atoms with Crippen molar-refractivity contribution in [3.8, 4) is 23.0 Å². The molecule has 0 radical (unpaired) electrons. The van der Waals surface area contributed by atoms with Crippen molar-refractivity contribution < 1.29 is 19.1 Å². The summed E-state index contributed by atoms with van der Waals surface area (Å²) in [5, 5.41) is 12.5. The fourth-order valence-electron chi connectivity index (χ4n) is 1.41. The number of hydrogen-bond acceptors (Lipinski definition) is 6. The van der Waals surface area contributed by atoms with Gasteiger partial charge in [-0.25, -0.2) is 0 Å². The molecule has 0 spiro atoms. The second kappa shape index (κ2) is 4.84. The van der Waals surface area contributed by atoms with Crippen molar-refractivity contribution in [3.63, 3.8) is 0 Å². The van der Waals surface area contributed by atoms with E-state index >= 15 is 0 Å². The summed E-state index contributed by atoms with van der Waals surface area (Å²) in [6.07, 6.45) is 0. The topological polar surface area (TPSA) is 77.6 Å². The zero-order valence-corrected chi connectivity index (χ0v) is 9.51. The van der Waals surface area contributed by atoms with Crippen molar-refractivity contribution in [2.45, 2.75) is 6.61 Å². The summed E-state index contributed by atoms with van der Waals surface area (Å²) >= 11 is 0. The summed E-state index contributed by atoms with van der Waals surface area (Å²) in [5.74, 6) is 1.76. The molecule has 0 saturated carbocycles. The van der Waals surface area contributed by atoms with Gasteiger partial charge >= 0.3 is 0 Å². The third-order valence-corrected chi connectivity index (χ3v) is 2.25. The van der Waals surface area contributed by atoms with Crippen LogP contribution < -0.4 is 9.47 Å². The number of rotatable bonds is 4. The predicted octanol–water partition coefficient (Wildman–Crippen LogP) is 1.25. The normalized spacial score (nSPS) is 10.3. The van der Waals surface area contributed by atoms with Crippen LogP contribution >= 0.6 is 0 Å². The van der Waals surface area contributed by atoms with Gasteiger partial charge < -0.3 is 19.1 Å². The lowest BCUT2D eigenvalue weighted by molar-refractivity contribution is 0.264. The lowest BCUT2D eigenvalue weighted by atomic mass is 10.2. The number of aromatic nitrogens is 2. The summed E-state index contributed by atoms with van der Waals surface area (Å²) in [7, 11) is 3.12. The Morgan fingerprint density at radius 2 is 2.12 bits per heavy atom. The molecule has 90 valence electrons. The zero-order chi connectivity index (χ0) is 12.3. The van der Waals surface area contributed by atoms with Crippen LogP contribution in [0.3, 0.4) is 0 Å². The quantitative estimate of drug-likeness (QED) is 0.860. The van der Waals surface area contributed by atoms with Gasteiger partial charge in [0.05, 0.1) is 19.8 Å². The van der Waals surface area contributed by atoms with Gasteiger partial charge in [-0.15, -0.1) is 0 Å². The van der Waals surface area contributed by atoms with E-state index in [2.05, 4.69) is 10.1 Å². The number of nitrogens with zero attached hydrogens (tertiary/aromatic N) is 2. The van der Waals surface area contributed by atoms with Crippen LogP contribution in [-0.2, 0) is 6.61 Å².